The van der Waals surface area contributed by atoms with Crippen LogP contribution in [-0.2, 0) is 14.3 Å². The highest BCUT2D eigenvalue weighted by Crippen LogP contribution is 2.39. The van der Waals surface area contributed by atoms with Gasteiger partial charge in [-0.15, -0.1) is 11.8 Å². The van der Waals surface area contributed by atoms with E-state index >= 15 is 0 Å². The minimum Gasteiger partial charge on any atom is -0.455 e. The molecule has 0 bridgehead atoms. The normalized spacial score (nSPS) is 16.0. The minimum atomic E-state index is -0.862. The van der Waals surface area contributed by atoms with E-state index in [2.05, 4.69) is 11.4 Å². The number of rotatable bonds is 7. The molecule has 1 fully saturated rings. The summed E-state index contributed by atoms with van der Waals surface area (Å²) in [5, 5.41) is 11.8. The molecule has 0 radical (unpaired) electrons. The van der Waals surface area contributed by atoms with Crippen LogP contribution in [0, 0.1) is 24.2 Å². The topological polar surface area (TPSA) is 79.2 Å². The number of esters is 1. The van der Waals surface area contributed by atoms with E-state index in [0.29, 0.717) is 0 Å². The van der Waals surface area contributed by atoms with E-state index in [-0.39, 0.29) is 18.3 Å². The van der Waals surface area contributed by atoms with E-state index < -0.39 is 17.4 Å². The van der Waals surface area contributed by atoms with Gasteiger partial charge in [0, 0.05) is 4.90 Å². The molecule has 1 aliphatic rings. The Morgan fingerprint density at radius 3 is 2.74 bits per heavy atom. The second-order valence-corrected chi connectivity index (χ2v) is 6.87. The van der Waals surface area contributed by atoms with Crippen molar-refractivity contribution >= 4 is 23.6 Å². The van der Waals surface area contributed by atoms with Crippen molar-refractivity contribution in [3.8, 4) is 6.07 Å². The van der Waals surface area contributed by atoms with Gasteiger partial charge in [-0.2, -0.15) is 5.26 Å². The summed E-state index contributed by atoms with van der Waals surface area (Å²) in [6, 6.07) is 9.90. The summed E-state index contributed by atoms with van der Waals surface area (Å²) in [5.41, 5.74) is 0.233. The van der Waals surface area contributed by atoms with E-state index in [4.69, 9.17) is 4.74 Å². The van der Waals surface area contributed by atoms with Crippen LogP contribution in [0.15, 0.2) is 29.2 Å². The zero-order valence-electron chi connectivity index (χ0n) is 13.3. The fourth-order valence-corrected chi connectivity index (χ4v) is 3.08. The molecular formula is C17H20N2O3S. The molecule has 1 atom stereocenters. The Hall–Kier alpha value is -2.00. The Kier molecular flexibility index (Phi) is 5.67. The molecule has 1 aromatic carbocycles. The second kappa shape index (κ2) is 7.51. The molecule has 0 spiro atoms. The summed E-state index contributed by atoms with van der Waals surface area (Å²) in [7, 11) is 0. The first kappa shape index (κ1) is 17.4. The second-order valence-electron chi connectivity index (χ2n) is 5.85. The molecule has 0 saturated heterocycles. The molecule has 0 aromatic heterocycles. The number of ether oxygens (including phenoxy) is 1. The lowest BCUT2D eigenvalue weighted by molar-refractivity contribution is -0.146. The molecule has 1 aromatic rings. The van der Waals surface area contributed by atoms with Crippen molar-refractivity contribution in [1.29, 1.82) is 5.26 Å². The highest BCUT2D eigenvalue weighted by atomic mass is 32.2. The molecule has 1 N–H and O–H groups in total. The Morgan fingerprint density at radius 2 is 2.13 bits per heavy atom. The molecule has 122 valence electrons. The van der Waals surface area contributed by atoms with Crippen molar-refractivity contribution in [3.63, 3.8) is 0 Å². The average Bonchev–Trinajstić information content (AvgIpc) is 3.37. The van der Waals surface area contributed by atoms with Gasteiger partial charge in [-0.3, -0.25) is 9.59 Å². The van der Waals surface area contributed by atoms with Gasteiger partial charge in [-0.1, -0.05) is 18.2 Å². The molecule has 2 rings (SSSR count). The predicted molar refractivity (Wildman–Crippen MR) is 87.7 cm³/mol. The standard InChI is InChI=1S/C17H20N2O3S/c1-12-5-3-4-6-14(12)23-10-16(21)22-9-15(20)19-17(2,11-18)13-7-8-13/h3-6,13H,7-10H2,1-2H3,(H,19,20)/t17-/m0/s1. The summed E-state index contributed by atoms with van der Waals surface area (Å²) in [6.45, 7) is 3.33. The summed E-state index contributed by atoms with van der Waals surface area (Å²) < 4.78 is 4.97. The van der Waals surface area contributed by atoms with Crippen LogP contribution in [0.1, 0.15) is 25.3 Å². The maximum atomic E-state index is 11.8. The summed E-state index contributed by atoms with van der Waals surface area (Å²) >= 11 is 1.38. The first-order valence-electron chi connectivity index (χ1n) is 7.51. The summed E-state index contributed by atoms with van der Waals surface area (Å²) in [4.78, 5) is 24.6. The number of aryl methyl sites for hydroxylation is 1. The van der Waals surface area contributed by atoms with E-state index in [1.165, 1.54) is 11.8 Å². The quantitative estimate of drug-likeness (QED) is 0.613. The molecule has 5 nitrogen and oxygen atoms in total. The van der Waals surface area contributed by atoms with Gasteiger partial charge in [-0.25, -0.2) is 0 Å². The number of amides is 1. The number of nitrogens with zero attached hydrogens (tertiary/aromatic N) is 1. The van der Waals surface area contributed by atoms with Gasteiger partial charge in [0.2, 0.25) is 0 Å². The SMILES string of the molecule is Cc1ccccc1SCC(=O)OCC(=O)N[C@@](C)(C#N)C1CC1. The fourth-order valence-electron chi connectivity index (χ4n) is 2.25. The van der Waals surface area contributed by atoms with Gasteiger partial charge in [0.1, 0.15) is 5.54 Å². The highest BCUT2D eigenvalue weighted by molar-refractivity contribution is 8.00. The zero-order valence-corrected chi connectivity index (χ0v) is 14.1. The van der Waals surface area contributed by atoms with E-state index in [9.17, 15) is 14.9 Å². The van der Waals surface area contributed by atoms with Gasteiger partial charge in [-0.05, 0) is 44.2 Å². The lowest BCUT2D eigenvalue weighted by Gasteiger charge is -2.22. The molecular weight excluding hydrogens is 312 g/mol. The molecule has 0 heterocycles. The first-order valence-corrected chi connectivity index (χ1v) is 8.49. The third-order valence-electron chi connectivity index (χ3n) is 3.83. The maximum Gasteiger partial charge on any atom is 0.316 e. The highest BCUT2D eigenvalue weighted by Gasteiger charge is 2.43. The Labute approximate surface area is 140 Å². The lowest BCUT2D eigenvalue weighted by atomic mass is 9.98. The number of nitrogens with one attached hydrogen (secondary N) is 1. The summed E-state index contributed by atoms with van der Waals surface area (Å²) in [5.74, 6) is -0.534. The number of thioether (sulfide) groups is 1. The molecule has 0 unspecified atom stereocenters. The number of hydrogen-bond acceptors (Lipinski definition) is 5. The van der Waals surface area contributed by atoms with Crippen molar-refractivity contribution in [3.05, 3.63) is 29.8 Å². The van der Waals surface area contributed by atoms with Crippen LogP contribution in [0.3, 0.4) is 0 Å². The van der Waals surface area contributed by atoms with Crippen LogP contribution >= 0.6 is 11.8 Å². The van der Waals surface area contributed by atoms with E-state index in [0.717, 1.165) is 23.3 Å². The molecule has 1 aliphatic carbocycles. The molecule has 23 heavy (non-hydrogen) atoms. The average molecular weight is 332 g/mol. The number of carbonyl (C=O) groups is 2. The zero-order chi connectivity index (χ0) is 16.9. The van der Waals surface area contributed by atoms with Crippen LogP contribution in [-0.4, -0.2) is 29.8 Å². The Balaban J connectivity index is 1.73. The lowest BCUT2D eigenvalue weighted by Crippen LogP contribution is -2.48. The van der Waals surface area contributed by atoms with Crippen molar-refractivity contribution in [2.75, 3.05) is 12.4 Å². The third kappa shape index (κ3) is 5.00. The Bertz CT molecular complexity index is 637. The monoisotopic (exact) mass is 332 g/mol. The Morgan fingerprint density at radius 1 is 1.43 bits per heavy atom. The van der Waals surface area contributed by atoms with Crippen LogP contribution < -0.4 is 5.32 Å². The molecule has 6 heteroatoms. The number of nitriles is 1. The van der Waals surface area contributed by atoms with Crippen molar-refractivity contribution in [2.24, 2.45) is 5.92 Å². The van der Waals surface area contributed by atoms with Crippen molar-refractivity contribution in [1.82, 2.24) is 5.32 Å². The first-order chi connectivity index (χ1) is 10.9. The van der Waals surface area contributed by atoms with Gasteiger partial charge in [0.15, 0.2) is 6.61 Å². The smallest absolute Gasteiger partial charge is 0.316 e. The third-order valence-corrected chi connectivity index (χ3v) is 4.98. The van der Waals surface area contributed by atoms with Gasteiger partial charge in [0.05, 0.1) is 11.8 Å². The molecule has 0 aliphatic heterocycles. The predicted octanol–water partition coefficient (Wildman–Crippen LogP) is 2.44. The number of carbonyl (C=O) groups excluding carboxylic acids is 2. The van der Waals surface area contributed by atoms with Crippen LogP contribution in [0.5, 0.6) is 0 Å². The fraction of sp³-hybridized carbons (Fsp3) is 0.471. The van der Waals surface area contributed by atoms with Crippen LogP contribution in [0.2, 0.25) is 0 Å². The van der Waals surface area contributed by atoms with Gasteiger partial charge in [0.25, 0.3) is 5.91 Å². The minimum absolute atomic E-state index is 0.149. The van der Waals surface area contributed by atoms with Gasteiger partial charge >= 0.3 is 5.97 Å². The van der Waals surface area contributed by atoms with Crippen LogP contribution in [0.4, 0.5) is 0 Å². The van der Waals surface area contributed by atoms with E-state index in [1.807, 2.05) is 31.2 Å². The van der Waals surface area contributed by atoms with Gasteiger partial charge < -0.3 is 10.1 Å². The largest absolute Gasteiger partial charge is 0.455 e. The van der Waals surface area contributed by atoms with Crippen LogP contribution in [0.25, 0.3) is 0 Å². The molecule has 1 saturated carbocycles. The van der Waals surface area contributed by atoms with Crippen molar-refractivity contribution < 1.29 is 14.3 Å². The van der Waals surface area contributed by atoms with E-state index in [1.54, 1.807) is 6.92 Å². The number of hydrogen-bond donors (Lipinski definition) is 1. The number of benzene rings is 1. The molecule has 1 amide bonds. The summed E-state index contributed by atoms with van der Waals surface area (Å²) in [6.07, 6.45) is 1.88. The maximum absolute atomic E-state index is 11.8. The van der Waals surface area contributed by atoms with Crippen molar-refractivity contribution in [2.45, 2.75) is 37.1 Å².